The van der Waals surface area contributed by atoms with Crippen LogP contribution in [0.15, 0.2) is 113 Å². The Kier molecular flexibility index (Phi) is 6.06. The maximum atomic E-state index is 14.2. The number of hydrogen-bond donors (Lipinski definition) is 2. The first-order chi connectivity index (χ1) is 18.4. The molecule has 1 aliphatic rings. The van der Waals surface area contributed by atoms with E-state index in [1.165, 1.54) is 29.5 Å². The Bertz CT molecular complexity index is 1790. The maximum absolute atomic E-state index is 14.2. The molecule has 0 bridgehead atoms. The van der Waals surface area contributed by atoms with E-state index in [0.29, 0.717) is 48.1 Å². The summed E-state index contributed by atoms with van der Waals surface area (Å²) in [6, 6.07) is 29.4. The number of fused-ring (bicyclic) bond motifs is 2. The SMILES string of the molecule is N=C1/C(=C(/O)c2ccccc2)[C@@H](c2ccc(Cl)cc2)c2c(sc3cc(F)ccc3c2=O)N1c1ccccc1. The van der Waals surface area contributed by atoms with E-state index in [4.69, 9.17) is 11.6 Å². The molecule has 0 unspecified atom stereocenters. The van der Waals surface area contributed by atoms with Crippen LogP contribution in [0.5, 0.6) is 0 Å². The van der Waals surface area contributed by atoms with E-state index in [1.807, 2.05) is 48.5 Å². The van der Waals surface area contributed by atoms with Crippen molar-refractivity contribution in [2.45, 2.75) is 5.92 Å². The predicted octanol–water partition coefficient (Wildman–Crippen LogP) is 8.28. The van der Waals surface area contributed by atoms with Gasteiger partial charge >= 0.3 is 0 Å². The molecule has 2 heterocycles. The number of aliphatic hydroxyl groups is 1. The number of benzene rings is 4. The molecular weight excluding hydrogens is 519 g/mol. The Balaban J connectivity index is 1.76. The molecule has 0 spiro atoms. The molecule has 1 aliphatic heterocycles. The molecular formula is C31H20ClFN2O2S. The second kappa shape index (κ2) is 9.56. The van der Waals surface area contributed by atoms with Crippen LogP contribution in [-0.4, -0.2) is 10.9 Å². The molecule has 2 N–H and O–H groups in total. The van der Waals surface area contributed by atoms with E-state index in [0.717, 1.165) is 0 Å². The van der Waals surface area contributed by atoms with Gasteiger partial charge in [0.1, 0.15) is 22.4 Å². The summed E-state index contributed by atoms with van der Waals surface area (Å²) in [6.45, 7) is 0. The monoisotopic (exact) mass is 538 g/mol. The first kappa shape index (κ1) is 24.1. The van der Waals surface area contributed by atoms with Gasteiger partial charge in [0.2, 0.25) is 0 Å². The summed E-state index contributed by atoms with van der Waals surface area (Å²) in [6.07, 6.45) is 0. The molecule has 1 atom stereocenters. The highest BCUT2D eigenvalue weighted by Crippen LogP contribution is 2.49. The third-order valence-corrected chi connectivity index (χ3v) is 8.05. The smallest absolute Gasteiger partial charge is 0.194 e. The van der Waals surface area contributed by atoms with Crippen LogP contribution < -0.4 is 10.3 Å². The van der Waals surface area contributed by atoms with E-state index in [9.17, 15) is 19.7 Å². The van der Waals surface area contributed by atoms with Crippen molar-refractivity contribution in [1.82, 2.24) is 0 Å². The molecule has 0 saturated heterocycles. The third kappa shape index (κ3) is 3.99. The number of para-hydroxylation sites is 1. The first-order valence-corrected chi connectivity index (χ1v) is 13.1. The summed E-state index contributed by atoms with van der Waals surface area (Å²) in [7, 11) is 0. The summed E-state index contributed by atoms with van der Waals surface area (Å²) in [4.78, 5) is 15.8. The van der Waals surface area contributed by atoms with Crippen LogP contribution in [0.1, 0.15) is 22.6 Å². The van der Waals surface area contributed by atoms with Crippen LogP contribution in [0.25, 0.3) is 15.8 Å². The molecule has 38 heavy (non-hydrogen) atoms. The summed E-state index contributed by atoms with van der Waals surface area (Å²) in [5.74, 6) is -1.27. The fraction of sp³-hybridized carbons (Fsp3) is 0.0323. The van der Waals surface area contributed by atoms with Gasteiger partial charge in [-0.25, -0.2) is 4.39 Å². The number of rotatable bonds is 3. The summed E-state index contributed by atoms with van der Waals surface area (Å²) >= 11 is 7.44. The van der Waals surface area contributed by atoms with Gasteiger partial charge in [0, 0.05) is 43.4 Å². The molecule has 0 saturated carbocycles. The van der Waals surface area contributed by atoms with Crippen molar-refractivity contribution >= 4 is 55.3 Å². The lowest BCUT2D eigenvalue weighted by atomic mass is 9.80. The predicted molar refractivity (Wildman–Crippen MR) is 154 cm³/mol. The molecule has 186 valence electrons. The van der Waals surface area contributed by atoms with Crippen LogP contribution in [0.2, 0.25) is 5.02 Å². The minimum Gasteiger partial charge on any atom is -0.507 e. The van der Waals surface area contributed by atoms with Crippen LogP contribution in [-0.2, 0) is 0 Å². The Morgan fingerprint density at radius 3 is 2.26 bits per heavy atom. The van der Waals surface area contributed by atoms with Gasteiger partial charge in [-0.2, -0.15) is 0 Å². The first-order valence-electron chi connectivity index (χ1n) is 11.9. The van der Waals surface area contributed by atoms with Crippen molar-refractivity contribution in [2.24, 2.45) is 0 Å². The molecule has 7 heteroatoms. The standard InChI is InChI=1S/C31H20ClFN2O2S/c32-20-13-11-18(12-14-20)25-26(28(36)19-7-3-1-4-8-19)30(34)35(22-9-5-2-6-10-22)31-27(25)29(37)23-16-15-21(33)17-24(23)38-31/h1-17,25,34,36H/b28-26+,34-30?/t25-/m1/s1. The van der Waals surface area contributed by atoms with Crippen molar-refractivity contribution < 1.29 is 9.50 Å². The molecule has 4 aromatic carbocycles. The van der Waals surface area contributed by atoms with Crippen molar-refractivity contribution in [1.29, 1.82) is 5.41 Å². The highest BCUT2D eigenvalue weighted by molar-refractivity contribution is 7.22. The quantitative estimate of drug-likeness (QED) is 0.227. The Labute approximate surface area is 227 Å². The summed E-state index contributed by atoms with van der Waals surface area (Å²) in [5.41, 5.74) is 2.31. The molecule has 0 aliphatic carbocycles. The number of nitrogens with one attached hydrogen (secondary N) is 1. The van der Waals surface area contributed by atoms with Crippen molar-refractivity contribution in [2.75, 3.05) is 4.90 Å². The fourth-order valence-electron chi connectivity index (χ4n) is 4.91. The molecule has 0 radical (unpaired) electrons. The van der Waals surface area contributed by atoms with E-state index in [-0.39, 0.29) is 17.0 Å². The van der Waals surface area contributed by atoms with Gasteiger partial charge < -0.3 is 5.11 Å². The zero-order valence-corrected chi connectivity index (χ0v) is 21.4. The molecule has 5 aromatic rings. The highest BCUT2D eigenvalue weighted by atomic mass is 35.5. The Morgan fingerprint density at radius 1 is 0.921 bits per heavy atom. The number of aliphatic hydroxyl groups excluding tert-OH is 1. The van der Waals surface area contributed by atoms with Gasteiger partial charge in [-0.1, -0.05) is 72.3 Å². The number of halogens is 2. The lowest BCUT2D eigenvalue weighted by Gasteiger charge is -2.37. The van der Waals surface area contributed by atoms with Gasteiger partial charge in [0.15, 0.2) is 5.43 Å². The van der Waals surface area contributed by atoms with Gasteiger partial charge in [-0.05, 0) is 48.0 Å². The van der Waals surface area contributed by atoms with Crippen molar-refractivity contribution in [3.8, 4) is 0 Å². The van der Waals surface area contributed by atoms with Crippen LogP contribution >= 0.6 is 22.9 Å². The van der Waals surface area contributed by atoms with Crippen LogP contribution in [0.4, 0.5) is 15.1 Å². The normalized spacial score (nSPS) is 16.4. The van der Waals surface area contributed by atoms with Gasteiger partial charge in [0.25, 0.3) is 0 Å². The molecule has 1 aromatic heterocycles. The topological polar surface area (TPSA) is 64.4 Å². The Morgan fingerprint density at radius 2 is 1.58 bits per heavy atom. The van der Waals surface area contributed by atoms with Gasteiger partial charge in [-0.15, -0.1) is 11.3 Å². The lowest BCUT2D eigenvalue weighted by Crippen LogP contribution is -2.38. The zero-order chi connectivity index (χ0) is 26.4. The average Bonchev–Trinajstić information content (AvgIpc) is 2.93. The minimum atomic E-state index is -0.756. The van der Waals surface area contributed by atoms with Gasteiger partial charge in [0.05, 0.1) is 0 Å². The van der Waals surface area contributed by atoms with Crippen LogP contribution in [0, 0.1) is 11.2 Å². The van der Waals surface area contributed by atoms with E-state index < -0.39 is 11.7 Å². The Hall–Kier alpha value is -4.26. The zero-order valence-electron chi connectivity index (χ0n) is 19.9. The highest BCUT2D eigenvalue weighted by Gasteiger charge is 2.40. The number of hydrogen-bond acceptors (Lipinski definition) is 4. The second-order valence-corrected chi connectivity index (χ2v) is 10.4. The summed E-state index contributed by atoms with van der Waals surface area (Å²) < 4.78 is 14.7. The van der Waals surface area contributed by atoms with E-state index in [1.54, 1.807) is 41.3 Å². The second-order valence-electron chi connectivity index (χ2n) is 8.92. The lowest BCUT2D eigenvalue weighted by molar-refractivity contribution is 0.505. The van der Waals surface area contributed by atoms with Gasteiger partial charge in [-0.3, -0.25) is 15.1 Å². The molecule has 0 amide bonds. The largest absolute Gasteiger partial charge is 0.507 e. The molecule has 6 rings (SSSR count). The van der Waals surface area contributed by atoms with Crippen LogP contribution in [0.3, 0.4) is 0 Å². The van der Waals surface area contributed by atoms with Crippen molar-refractivity contribution in [3.05, 3.63) is 146 Å². The average molecular weight is 539 g/mol. The number of nitrogens with zero attached hydrogens (tertiary/aromatic N) is 1. The third-order valence-electron chi connectivity index (χ3n) is 6.65. The number of amidine groups is 1. The van der Waals surface area contributed by atoms with E-state index >= 15 is 0 Å². The van der Waals surface area contributed by atoms with Crippen molar-refractivity contribution in [3.63, 3.8) is 0 Å². The minimum absolute atomic E-state index is 0.0245. The molecule has 0 fully saturated rings. The maximum Gasteiger partial charge on any atom is 0.194 e. The van der Waals surface area contributed by atoms with E-state index in [2.05, 4.69) is 0 Å². The summed E-state index contributed by atoms with van der Waals surface area (Å²) in [5, 5.41) is 22.5. The molecule has 4 nitrogen and oxygen atoms in total. The fourth-order valence-corrected chi connectivity index (χ4v) is 6.29. The number of anilines is 2.